The lowest BCUT2D eigenvalue weighted by Gasteiger charge is -2.31. The normalized spacial score (nSPS) is 15.9. The summed E-state index contributed by atoms with van der Waals surface area (Å²) in [7, 11) is 0. The molecule has 1 atom stereocenters. The predicted molar refractivity (Wildman–Crippen MR) is 132 cm³/mol. The number of fused-ring (bicyclic) bond motifs is 1. The number of morpholine rings is 1. The summed E-state index contributed by atoms with van der Waals surface area (Å²) in [4.78, 5) is 44.2. The van der Waals surface area contributed by atoms with Crippen molar-refractivity contribution in [1.29, 1.82) is 0 Å². The summed E-state index contributed by atoms with van der Waals surface area (Å²) in [6, 6.07) is 6.80. The van der Waals surface area contributed by atoms with E-state index >= 15 is 0 Å². The van der Waals surface area contributed by atoms with E-state index in [1.54, 1.807) is 10.7 Å². The zero-order chi connectivity index (χ0) is 25.4. The molecule has 0 aliphatic carbocycles. The maximum atomic E-state index is 12.2. The maximum Gasteiger partial charge on any atom is 0.407 e. The number of hydrogen-bond donors (Lipinski definition) is 2. The minimum atomic E-state index is -0.967. The Balaban J connectivity index is 1.55. The Labute approximate surface area is 209 Å². The Hall–Kier alpha value is -3.96. The zero-order valence-electron chi connectivity index (χ0n) is 19.3. The van der Waals surface area contributed by atoms with Gasteiger partial charge in [-0.1, -0.05) is 11.6 Å². The van der Waals surface area contributed by atoms with Gasteiger partial charge < -0.3 is 19.7 Å². The van der Waals surface area contributed by atoms with Crippen molar-refractivity contribution >= 4 is 23.2 Å². The van der Waals surface area contributed by atoms with Crippen LogP contribution in [0.3, 0.4) is 0 Å². The van der Waals surface area contributed by atoms with Gasteiger partial charge in [-0.15, -0.1) is 0 Å². The second-order valence-electron chi connectivity index (χ2n) is 8.67. The van der Waals surface area contributed by atoms with Crippen molar-refractivity contribution in [3.8, 4) is 11.3 Å². The number of rotatable bonds is 5. The minimum absolute atomic E-state index is 0.0696. The largest absolute Gasteiger partial charge is 0.465 e. The first-order valence-electron chi connectivity index (χ1n) is 11.3. The molecule has 1 aliphatic heterocycles. The molecular formula is C24H23ClN6O5. The van der Waals surface area contributed by atoms with Gasteiger partial charge in [-0.2, -0.15) is 5.10 Å². The number of hydrogen-bond acceptors (Lipinski definition) is 6. The highest BCUT2D eigenvalue weighted by molar-refractivity contribution is 6.31. The Bertz CT molecular complexity index is 1550. The predicted octanol–water partition coefficient (Wildman–Crippen LogP) is 2.18. The molecule has 1 amide bonds. The fourth-order valence-corrected chi connectivity index (χ4v) is 4.83. The molecule has 0 saturated carbocycles. The second-order valence-corrected chi connectivity index (χ2v) is 9.10. The SMILES string of the molecule is Cc1cc(Cl)cc(-c2ncnn3cc(Cn4c(=O)cc[nH]c4=O)cc23)c1C[C@@H]1CN(C(=O)O)CCO1. The first-order chi connectivity index (χ1) is 17.3. The molecule has 5 rings (SSSR count). The van der Waals surface area contributed by atoms with E-state index in [1.807, 2.05) is 25.1 Å². The topological polar surface area (TPSA) is 135 Å². The van der Waals surface area contributed by atoms with Crippen molar-refractivity contribution in [2.45, 2.75) is 26.0 Å². The molecule has 0 radical (unpaired) electrons. The number of carbonyl (C=O) groups is 1. The quantitative estimate of drug-likeness (QED) is 0.420. The third-order valence-corrected chi connectivity index (χ3v) is 6.50. The molecule has 0 bridgehead atoms. The summed E-state index contributed by atoms with van der Waals surface area (Å²) in [6.45, 7) is 2.95. The van der Waals surface area contributed by atoms with Gasteiger partial charge in [-0.05, 0) is 41.8 Å². The van der Waals surface area contributed by atoms with Crippen molar-refractivity contribution in [3.63, 3.8) is 0 Å². The molecule has 1 aromatic carbocycles. The van der Waals surface area contributed by atoms with Crippen LogP contribution in [-0.4, -0.2) is 66.0 Å². The van der Waals surface area contributed by atoms with Crippen LogP contribution in [0.1, 0.15) is 16.7 Å². The molecule has 3 aromatic heterocycles. The summed E-state index contributed by atoms with van der Waals surface area (Å²) < 4.78 is 8.62. The monoisotopic (exact) mass is 510 g/mol. The van der Waals surface area contributed by atoms with E-state index in [4.69, 9.17) is 16.3 Å². The second kappa shape index (κ2) is 9.59. The molecule has 4 heterocycles. The first kappa shape index (κ1) is 23.8. The lowest BCUT2D eigenvalue weighted by Crippen LogP contribution is -2.45. The van der Waals surface area contributed by atoms with Gasteiger partial charge >= 0.3 is 11.8 Å². The Kier molecular flexibility index (Phi) is 6.33. The summed E-state index contributed by atoms with van der Waals surface area (Å²) in [5.41, 5.74) is 3.74. The van der Waals surface area contributed by atoms with E-state index in [0.29, 0.717) is 41.4 Å². The first-order valence-corrected chi connectivity index (χ1v) is 11.7. The average molecular weight is 511 g/mol. The number of nitrogens with one attached hydrogen (secondary N) is 1. The molecule has 2 N–H and O–H groups in total. The number of nitrogens with zero attached hydrogens (tertiary/aromatic N) is 5. The van der Waals surface area contributed by atoms with Gasteiger partial charge in [-0.25, -0.2) is 19.1 Å². The lowest BCUT2D eigenvalue weighted by molar-refractivity contribution is -0.0210. The zero-order valence-corrected chi connectivity index (χ0v) is 20.1. The van der Waals surface area contributed by atoms with Crippen molar-refractivity contribution in [2.75, 3.05) is 19.7 Å². The van der Waals surface area contributed by atoms with E-state index in [-0.39, 0.29) is 19.2 Å². The van der Waals surface area contributed by atoms with Crippen LogP contribution in [0.25, 0.3) is 16.8 Å². The third kappa shape index (κ3) is 4.62. The summed E-state index contributed by atoms with van der Waals surface area (Å²) in [5, 5.41) is 14.2. The lowest BCUT2D eigenvalue weighted by atomic mass is 9.93. The van der Waals surface area contributed by atoms with Gasteiger partial charge in [0.05, 0.1) is 37.0 Å². The van der Waals surface area contributed by atoms with Crippen molar-refractivity contribution in [1.82, 2.24) is 29.0 Å². The number of H-pyrrole nitrogens is 1. The van der Waals surface area contributed by atoms with Gasteiger partial charge in [0.15, 0.2) is 0 Å². The number of aryl methyl sites for hydroxylation is 1. The van der Waals surface area contributed by atoms with Crippen LogP contribution in [0, 0.1) is 6.92 Å². The highest BCUT2D eigenvalue weighted by atomic mass is 35.5. The molecule has 186 valence electrons. The maximum absolute atomic E-state index is 12.2. The summed E-state index contributed by atoms with van der Waals surface area (Å²) in [5.74, 6) is 0. The number of aromatic nitrogens is 5. The van der Waals surface area contributed by atoms with Gasteiger partial charge in [0, 0.05) is 42.0 Å². The molecule has 0 unspecified atom stereocenters. The van der Waals surface area contributed by atoms with Gasteiger partial charge in [0.1, 0.15) is 6.33 Å². The van der Waals surface area contributed by atoms with Crippen LogP contribution in [0.15, 0.2) is 52.6 Å². The van der Waals surface area contributed by atoms with Crippen LogP contribution >= 0.6 is 11.6 Å². The Morgan fingerprint density at radius 3 is 2.92 bits per heavy atom. The number of halogens is 1. The Morgan fingerprint density at radius 2 is 2.14 bits per heavy atom. The highest BCUT2D eigenvalue weighted by Gasteiger charge is 2.26. The molecule has 1 saturated heterocycles. The number of carboxylic acid groups (broad SMARTS) is 1. The standard InChI is InChI=1S/C24H23ClN6O5/c1-14-6-16(25)8-19(18(14)9-17-12-29(24(34)35)4-5-36-17)22-20-7-15(11-31(20)28-13-27-22)10-30-21(32)2-3-26-23(30)33/h2-3,6-8,11,13,17H,4-5,9-10,12H2,1H3,(H,26,33)(H,34,35)/t17-/m1/s1. The van der Waals surface area contributed by atoms with E-state index in [2.05, 4.69) is 15.1 Å². The minimum Gasteiger partial charge on any atom is -0.465 e. The van der Waals surface area contributed by atoms with Gasteiger partial charge in [0.25, 0.3) is 5.56 Å². The molecule has 36 heavy (non-hydrogen) atoms. The van der Waals surface area contributed by atoms with Crippen LogP contribution in [0.4, 0.5) is 4.79 Å². The number of benzene rings is 1. The third-order valence-electron chi connectivity index (χ3n) is 6.28. The molecule has 0 spiro atoms. The molecule has 12 heteroatoms. The van der Waals surface area contributed by atoms with Crippen molar-refractivity contribution < 1.29 is 14.6 Å². The Morgan fingerprint density at radius 1 is 1.31 bits per heavy atom. The van der Waals surface area contributed by atoms with Crippen LogP contribution < -0.4 is 11.2 Å². The van der Waals surface area contributed by atoms with Crippen molar-refractivity contribution in [3.05, 3.63) is 85.5 Å². The molecule has 1 fully saturated rings. The van der Waals surface area contributed by atoms with E-state index in [1.165, 1.54) is 23.5 Å². The highest BCUT2D eigenvalue weighted by Crippen LogP contribution is 2.33. The molecule has 1 aliphatic rings. The molecular weight excluding hydrogens is 488 g/mol. The molecule has 11 nitrogen and oxygen atoms in total. The smallest absolute Gasteiger partial charge is 0.407 e. The van der Waals surface area contributed by atoms with Crippen LogP contribution in [0.2, 0.25) is 5.02 Å². The summed E-state index contributed by atoms with van der Waals surface area (Å²) >= 11 is 6.43. The number of amides is 1. The van der Waals surface area contributed by atoms with E-state index in [0.717, 1.165) is 21.3 Å². The van der Waals surface area contributed by atoms with E-state index in [9.17, 15) is 19.5 Å². The average Bonchev–Trinajstić information content (AvgIpc) is 3.26. The van der Waals surface area contributed by atoms with E-state index < -0.39 is 17.3 Å². The van der Waals surface area contributed by atoms with Crippen molar-refractivity contribution in [2.24, 2.45) is 0 Å². The van der Waals surface area contributed by atoms with Crippen LogP contribution in [-0.2, 0) is 17.7 Å². The number of ether oxygens (including phenoxy) is 1. The summed E-state index contributed by atoms with van der Waals surface area (Å²) in [6.07, 6.45) is 3.68. The van der Waals surface area contributed by atoms with Gasteiger partial charge in [0.2, 0.25) is 0 Å². The molecule has 4 aromatic rings. The van der Waals surface area contributed by atoms with Gasteiger partial charge in [-0.3, -0.25) is 9.36 Å². The fraction of sp³-hybridized carbons (Fsp3) is 0.292. The number of aromatic amines is 1. The fourth-order valence-electron chi connectivity index (χ4n) is 4.56. The van der Waals surface area contributed by atoms with Crippen LogP contribution in [0.5, 0.6) is 0 Å².